The van der Waals surface area contributed by atoms with Crippen molar-refractivity contribution in [2.24, 2.45) is 0 Å². The number of aromatic nitrogens is 4. The van der Waals surface area contributed by atoms with Crippen LogP contribution in [-0.2, 0) is 0 Å². The maximum absolute atomic E-state index is 6.71. The van der Waals surface area contributed by atoms with Crippen molar-refractivity contribution in [3.63, 3.8) is 0 Å². The molecule has 32 heavy (non-hydrogen) atoms. The number of fused-ring (bicyclic) bond motifs is 1. The molecule has 9 heteroatoms. The lowest BCUT2D eigenvalue weighted by atomic mass is 9.91. The fourth-order valence-corrected chi connectivity index (χ4v) is 4.64. The number of pyridine rings is 1. The van der Waals surface area contributed by atoms with Gasteiger partial charge in [0, 0.05) is 52.3 Å². The summed E-state index contributed by atoms with van der Waals surface area (Å²) in [6, 6.07) is 5.73. The van der Waals surface area contributed by atoms with E-state index < -0.39 is 0 Å². The first-order chi connectivity index (χ1) is 15.4. The van der Waals surface area contributed by atoms with Crippen molar-refractivity contribution in [2.75, 3.05) is 19.5 Å². The number of anilines is 1. The molecular weight excluding hydrogens is 494 g/mol. The number of hydrogen-bond donors (Lipinski definition) is 1. The predicted octanol–water partition coefficient (Wildman–Crippen LogP) is 5.66. The van der Waals surface area contributed by atoms with Gasteiger partial charge in [0.05, 0.1) is 13.7 Å². The summed E-state index contributed by atoms with van der Waals surface area (Å²) in [7, 11) is 1.59. The second-order valence-electron chi connectivity index (χ2n) is 7.31. The van der Waals surface area contributed by atoms with E-state index in [1.165, 1.54) is 0 Å². The maximum atomic E-state index is 6.71. The molecule has 1 aromatic carbocycles. The number of halogens is 2. The fraction of sp³-hybridized carbons (Fsp3) is 0.261. The third kappa shape index (κ3) is 3.78. The first-order valence-electron chi connectivity index (χ1n) is 10.1. The van der Waals surface area contributed by atoms with Crippen LogP contribution in [0.15, 0.2) is 41.4 Å². The minimum Gasteiger partial charge on any atom is -0.493 e. The molecule has 4 rings (SSSR count). The minimum absolute atomic E-state index is 0.153. The van der Waals surface area contributed by atoms with Gasteiger partial charge in [-0.15, -0.1) is 0 Å². The van der Waals surface area contributed by atoms with Gasteiger partial charge in [0.15, 0.2) is 5.82 Å². The molecule has 0 aliphatic heterocycles. The first kappa shape index (κ1) is 22.4. The summed E-state index contributed by atoms with van der Waals surface area (Å²) in [4.78, 5) is 13.3. The summed E-state index contributed by atoms with van der Waals surface area (Å²) in [5, 5.41) is 0.641. The number of nitrogens with zero attached hydrogens (tertiary/aromatic N) is 4. The number of nitrogen functional groups attached to an aromatic ring is 1. The number of benzene rings is 1. The Morgan fingerprint density at radius 3 is 2.72 bits per heavy atom. The molecule has 166 valence electrons. The molecule has 3 aromatic heterocycles. The maximum Gasteiger partial charge on any atom is 0.212 e. The van der Waals surface area contributed by atoms with Gasteiger partial charge in [0.25, 0.3) is 0 Å². The van der Waals surface area contributed by atoms with E-state index in [1.54, 1.807) is 19.5 Å². The molecule has 1 unspecified atom stereocenters. The second kappa shape index (κ2) is 8.96. The number of methoxy groups -OCH3 is 1. The van der Waals surface area contributed by atoms with Crippen LogP contribution in [0.5, 0.6) is 11.6 Å². The zero-order valence-electron chi connectivity index (χ0n) is 18.2. The van der Waals surface area contributed by atoms with Crippen molar-refractivity contribution in [3.05, 3.63) is 63.4 Å². The van der Waals surface area contributed by atoms with Crippen LogP contribution in [0.3, 0.4) is 0 Å². The molecule has 0 amide bonds. The van der Waals surface area contributed by atoms with Crippen LogP contribution < -0.4 is 15.2 Å². The molecule has 0 bridgehead atoms. The number of imidazole rings is 1. The predicted molar refractivity (Wildman–Crippen MR) is 130 cm³/mol. The molecule has 3 heterocycles. The van der Waals surface area contributed by atoms with Gasteiger partial charge >= 0.3 is 0 Å². The largest absolute Gasteiger partial charge is 0.493 e. The van der Waals surface area contributed by atoms with Crippen molar-refractivity contribution in [1.29, 1.82) is 0 Å². The molecule has 0 saturated carbocycles. The van der Waals surface area contributed by atoms with Crippen LogP contribution in [0, 0.1) is 6.92 Å². The average Bonchev–Trinajstić information content (AvgIpc) is 3.14. The van der Waals surface area contributed by atoms with Gasteiger partial charge in [-0.05, 0) is 47.5 Å². The van der Waals surface area contributed by atoms with Gasteiger partial charge in [-0.3, -0.25) is 4.40 Å². The molecular formula is C23H23BrClN5O2. The Morgan fingerprint density at radius 1 is 1.28 bits per heavy atom. The van der Waals surface area contributed by atoms with Crippen LogP contribution in [0.4, 0.5) is 5.82 Å². The summed E-state index contributed by atoms with van der Waals surface area (Å²) in [6.45, 7) is 6.51. The summed E-state index contributed by atoms with van der Waals surface area (Å²) in [5.74, 6) is 2.34. The zero-order chi connectivity index (χ0) is 23.0. The SMILES string of the molecule is CCOc1c(C(C)c2nc(Br)c3c(N)nccn23)cc(Cl)c(C)c1-c1ccc(OC)nc1. The normalized spacial score (nSPS) is 12.2. The number of rotatable bonds is 6. The molecule has 2 N–H and O–H groups in total. The van der Waals surface area contributed by atoms with E-state index >= 15 is 0 Å². The van der Waals surface area contributed by atoms with Crippen molar-refractivity contribution in [2.45, 2.75) is 26.7 Å². The summed E-state index contributed by atoms with van der Waals surface area (Å²) < 4.78 is 14.0. The van der Waals surface area contributed by atoms with Gasteiger partial charge in [0.2, 0.25) is 5.88 Å². The Labute approximate surface area is 199 Å². The Bertz CT molecular complexity index is 1290. The Hall–Kier alpha value is -2.84. The van der Waals surface area contributed by atoms with Crippen molar-refractivity contribution >= 4 is 38.9 Å². The molecule has 0 spiro atoms. The van der Waals surface area contributed by atoms with Crippen LogP contribution >= 0.6 is 27.5 Å². The average molecular weight is 517 g/mol. The standard InChI is InChI=1S/C23H23BrClN5O2/c1-5-32-20-15(12(2)23-29-21(24)19-22(26)27-8-9-30(19)23)10-16(25)13(3)18(20)14-6-7-17(31-4)28-11-14/h6-12H,5H2,1-4H3,(H2,26,27). The van der Waals surface area contributed by atoms with Gasteiger partial charge in [-0.1, -0.05) is 18.5 Å². The van der Waals surface area contributed by atoms with Crippen LogP contribution in [-0.4, -0.2) is 33.1 Å². The number of ether oxygens (including phenoxy) is 2. The highest BCUT2D eigenvalue weighted by Gasteiger charge is 2.26. The number of nitrogens with two attached hydrogens (primary N) is 1. The lowest BCUT2D eigenvalue weighted by Crippen LogP contribution is -2.08. The Balaban J connectivity index is 1.95. The number of hydrogen-bond acceptors (Lipinski definition) is 6. The quantitative estimate of drug-likeness (QED) is 0.356. The third-order valence-corrected chi connectivity index (χ3v) is 6.39. The van der Waals surface area contributed by atoms with E-state index in [2.05, 4.69) is 32.8 Å². The van der Waals surface area contributed by atoms with Gasteiger partial charge in [0.1, 0.15) is 21.7 Å². The smallest absolute Gasteiger partial charge is 0.212 e. The first-order valence-corrected chi connectivity index (χ1v) is 11.3. The van der Waals surface area contributed by atoms with Crippen molar-refractivity contribution in [3.8, 4) is 22.8 Å². The van der Waals surface area contributed by atoms with Crippen LogP contribution in [0.1, 0.15) is 36.7 Å². The van der Waals surface area contributed by atoms with E-state index in [1.807, 2.05) is 42.6 Å². The summed E-state index contributed by atoms with van der Waals surface area (Å²) in [5.41, 5.74) is 10.4. The van der Waals surface area contributed by atoms with Gasteiger partial charge < -0.3 is 15.2 Å². The Morgan fingerprint density at radius 2 is 2.06 bits per heavy atom. The molecule has 0 aliphatic rings. The lowest BCUT2D eigenvalue weighted by molar-refractivity contribution is 0.336. The fourth-order valence-electron chi connectivity index (χ4n) is 3.85. The van der Waals surface area contributed by atoms with E-state index in [9.17, 15) is 0 Å². The molecule has 1 atom stereocenters. The highest BCUT2D eigenvalue weighted by Crippen LogP contribution is 2.44. The van der Waals surface area contributed by atoms with Crippen LogP contribution in [0.25, 0.3) is 16.6 Å². The van der Waals surface area contributed by atoms with Crippen LogP contribution in [0.2, 0.25) is 5.02 Å². The van der Waals surface area contributed by atoms with E-state index in [4.69, 9.17) is 31.8 Å². The van der Waals surface area contributed by atoms with Gasteiger partial charge in [-0.25, -0.2) is 15.0 Å². The van der Waals surface area contributed by atoms with E-state index in [0.717, 1.165) is 39.3 Å². The second-order valence-corrected chi connectivity index (χ2v) is 8.47. The topological polar surface area (TPSA) is 87.6 Å². The monoisotopic (exact) mass is 515 g/mol. The molecule has 0 saturated heterocycles. The highest BCUT2D eigenvalue weighted by molar-refractivity contribution is 9.10. The molecule has 7 nitrogen and oxygen atoms in total. The van der Waals surface area contributed by atoms with E-state index in [-0.39, 0.29) is 5.92 Å². The van der Waals surface area contributed by atoms with Crippen molar-refractivity contribution in [1.82, 2.24) is 19.4 Å². The Kier molecular flexibility index (Phi) is 6.26. The minimum atomic E-state index is -0.153. The lowest BCUT2D eigenvalue weighted by Gasteiger charge is -2.22. The van der Waals surface area contributed by atoms with E-state index in [0.29, 0.717) is 27.9 Å². The zero-order valence-corrected chi connectivity index (χ0v) is 20.5. The highest BCUT2D eigenvalue weighted by atomic mass is 79.9. The summed E-state index contributed by atoms with van der Waals surface area (Å²) in [6.07, 6.45) is 5.27. The third-order valence-electron chi connectivity index (χ3n) is 5.45. The molecule has 0 radical (unpaired) electrons. The molecule has 0 fully saturated rings. The van der Waals surface area contributed by atoms with Gasteiger partial charge in [-0.2, -0.15) is 0 Å². The van der Waals surface area contributed by atoms with Crippen molar-refractivity contribution < 1.29 is 9.47 Å². The molecule has 4 aromatic rings. The summed E-state index contributed by atoms with van der Waals surface area (Å²) >= 11 is 10.2. The molecule has 0 aliphatic carbocycles.